The average molecular weight is 316 g/mol. The van der Waals surface area contributed by atoms with Gasteiger partial charge >= 0.3 is 5.97 Å². The molecule has 1 unspecified atom stereocenters. The van der Waals surface area contributed by atoms with Crippen molar-refractivity contribution in [2.24, 2.45) is 5.73 Å². The van der Waals surface area contributed by atoms with Crippen LogP contribution in [-0.4, -0.2) is 35.6 Å². The van der Waals surface area contributed by atoms with Gasteiger partial charge in [0.1, 0.15) is 11.6 Å². The molecular formula is C19H28N2O2. The second-order valence-corrected chi connectivity index (χ2v) is 7.19. The summed E-state index contributed by atoms with van der Waals surface area (Å²) >= 11 is 0. The zero-order chi connectivity index (χ0) is 16.9. The lowest BCUT2D eigenvalue weighted by Gasteiger charge is -2.29. The largest absolute Gasteiger partial charge is 0.459 e. The summed E-state index contributed by atoms with van der Waals surface area (Å²) in [5.41, 5.74) is 8.07. The maximum atomic E-state index is 12.0. The van der Waals surface area contributed by atoms with Crippen molar-refractivity contribution in [2.45, 2.75) is 51.8 Å². The second-order valence-electron chi connectivity index (χ2n) is 7.19. The number of carbonyl (C=O) groups is 1. The SMILES string of the molecule is CC(C)(C)OC(=O)C(N)CC1=CCCN(Cc2ccccc2)C1. The molecule has 1 aromatic carbocycles. The maximum Gasteiger partial charge on any atom is 0.323 e. The number of hydrogen-bond donors (Lipinski definition) is 1. The molecule has 0 aromatic heterocycles. The number of esters is 1. The third-order valence-corrected chi connectivity index (χ3v) is 3.75. The molecule has 0 radical (unpaired) electrons. The molecule has 4 nitrogen and oxygen atoms in total. The molecule has 0 fully saturated rings. The first-order valence-electron chi connectivity index (χ1n) is 8.26. The number of rotatable bonds is 5. The van der Waals surface area contributed by atoms with Crippen LogP contribution in [-0.2, 0) is 16.1 Å². The topological polar surface area (TPSA) is 55.6 Å². The van der Waals surface area contributed by atoms with Gasteiger partial charge in [0, 0.05) is 19.6 Å². The van der Waals surface area contributed by atoms with E-state index in [0.717, 1.165) is 26.1 Å². The minimum Gasteiger partial charge on any atom is -0.459 e. The highest BCUT2D eigenvalue weighted by Crippen LogP contribution is 2.18. The van der Waals surface area contributed by atoms with E-state index in [9.17, 15) is 4.79 Å². The minimum atomic E-state index is -0.586. The van der Waals surface area contributed by atoms with Crippen LogP contribution in [0.25, 0.3) is 0 Å². The zero-order valence-electron chi connectivity index (χ0n) is 14.4. The summed E-state index contributed by atoms with van der Waals surface area (Å²) in [6, 6.07) is 9.86. The van der Waals surface area contributed by atoms with Crippen molar-refractivity contribution in [3.05, 3.63) is 47.5 Å². The Balaban J connectivity index is 1.86. The summed E-state index contributed by atoms with van der Waals surface area (Å²) in [6.45, 7) is 8.42. The normalized spacial score (nSPS) is 17.5. The molecule has 0 saturated heterocycles. The molecule has 1 heterocycles. The highest BCUT2D eigenvalue weighted by molar-refractivity contribution is 5.76. The molecule has 23 heavy (non-hydrogen) atoms. The number of hydrogen-bond acceptors (Lipinski definition) is 4. The monoisotopic (exact) mass is 316 g/mol. The molecule has 0 aliphatic carbocycles. The Morgan fingerprint density at radius 3 is 2.65 bits per heavy atom. The van der Waals surface area contributed by atoms with E-state index in [1.54, 1.807) is 0 Å². The van der Waals surface area contributed by atoms with Gasteiger partial charge in [-0.2, -0.15) is 0 Å². The molecule has 2 rings (SSSR count). The van der Waals surface area contributed by atoms with Gasteiger partial charge in [0.25, 0.3) is 0 Å². The first-order chi connectivity index (χ1) is 10.8. The molecule has 4 heteroatoms. The molecule has 1 aromatic rings. The van der Waals surface area contributed by atoms with Crippen LogP contribution in [0.4, 0.5) is 0 Å². The number of ether oxygens (including phenoxy) is 1. The molecule has 1 atom stereocenters. The van der Waals surface area contributed by atoms with E-state index in [1.807, 2.05) is 26.8 Å². The Kier molecular flexibility index (Phi) is 5.97. The molecule has 126 valence electrons. The number of carbonyl (C=O) groups excluding carboxylic acids is 1. The Bertz CT molecular complexity index is 546. The summed E-state index contributed by atoms with van der Waals surface area (Å²) in [5, 5.41) is 0. The van der Waals surface area contributed by atoms with Gasteiger partial charge in [-0.3, -0.25) is 9.69 Å². The Morgan fingerprint density at radius 1 is 1.30 bits per heavy atom. The predicted octanol–water partition coefficient (Wildman–Crippen LogP) is 2.88. The molecular weight excluding hydrogens is 288 g/mol. The van der Waals surface area contributed by atoms with Gasteiger partial charge < -0.3 is 10.5 Å². The van der Waals surface area contributed by atoms with Crippen molar-refractivity contribution in [3.63, 3.8) is 0 Å². The Hall–Kier alpha value is -1.65. The average Bonchev–Trinajstić information content (AvgIpc) is 2.47. The van der Waals surface area contributed by atoms with Gasteiger partial charge in [-0.1, -0.05) is 42.0 Å². The lowest BCUT2D eigenvalue weighted by Crippen LogP contribution is -2.39. The van der Waals surface area contributed by atoms with Crippen molar-refractivity contribution in [3.8, 4) is 0 Å². The quantitative estimate of drug-likeness (QED) is 0.670. The predicted molar refractivity (Wildman–Crippen MR) is 92.9 cm³/mol. The number of nitrogens with two attached hydrogens (primary N) is 1. The summed E-state index contributed by atoms with van der Waals surface area (Å²) in [5.74, 6) is -0.321. The summed E-state index contributed by atoms with van der Waals surface area (Å²) in [7, 11) is 0. The third-order valence-electron chi connectivity index (χ3n) is 3.75. The summed E-state index contributed by atoms with van der Waals surface area (Å²) in [6.07, 6.45) is 3.79. The first kappa shape index (κ1) is 17.7. The molecule has 2 N–H and O–H groups in total. The van der Waals surface area contributed by atoms with Gasteiger partial charge in [0.15, 0.2) is 0 Å². The minimum absolute atomic E-state index is 0.321. The van der Waals surface area contributed by atoms with Crippen LogP contribution in [0.1, 0.15) is 39.2 Å². The van der Waals surface area contributed by atoms with E-state index in [1.165, 1.54) is 11.1 Å². The fraction of sp³-hybridized carbons (Fsp3) is 0.526. The van der Waals surface area contributed by atoms with Crippen LogP contribution < -0.4 is 5.73 Å². The number of benzene rings is 1. The molecule has 0 bridgehead atoms. The van der Waals surface area contributed by atoms with E-state index in [2.05, 4.69) is 35.2 Å². The smallest absolute Gasteiger partial charge is 0.323 e. The van der Waals surface area contributed by atoms with Gasteiger partial charge in [0.05, 0.1) is 0 Å². The van der Waals surface area contributed by atoms with Gasteiger partial charge in [0.2, 0.25) is 0 Å². The fourth-order valence-corrected chi connectivity index (χ4v) is 2.75. The van der Waals surface area contributed by atoms with Crippen LogP contribution >= 0.6 is 0 Å². The van der Waals surface area contributed by atoms with E-state index in [-0.39, 0.29) is 5.97 Å². The number of nitrogens with zero attached hydrogens (tertiary/aromatic N) is 1. The molecule has 0 spiro atoms. The van der Waals surface area contributed by atoms with Crippen LogP contribution in [0.15, 0.2) is 42.0 Å². The molecule has 1 aliphatic rings. The summed E-state index contributed by atoms with van der Waals surface area (Å²) < 4.78 is 5.36. The Labute approximate surface area is 139 Å². The van der Waals surface area contributed by atoms with Crippen LogP contribution in [0.5, 0.6) is 0 Å². The van der Waals surface area contributed by atoms with Gasteiger partial charge in [-0.15, -0.1) is 0 Å². The van der Waals surface area contributed by atoms with Crippen LogP contribution in [0, 0.1) is 0 Å². The maximum absolute atomic E-state index is 12.0. The van der Waals surface area contributed by atoms with Crippen LogP contribution in [0.3, 0.4) is 0 Å². The highest BCUT2D eigenvalue weighted by atomic mass is 16.6. The fourth-order valence-electron chi connectivity index (χ4n) is 2.75. The highest BCUT2D eigenvalue weighted by Gasteiger charge is 2.24. The van der Waals surface area contributed by atoms with Crippen molar-refractivity contribution in [1.29, 1.82) is 0 Å². The van der Waals surface area contributed by atoms with Gasteiger partial charge in [-0.25, -0.2) is 0 Å². The standard InChI is InChI=1S/C19H28N2O2/c1-19(2,3)23-18(22)17(20)12-16-10-7-11-21(14-16)13-15-8-5-4-6-9-15/h4-6,8-10,17H,7,11-14,20H2,1-3H3. The van der Waals surface area contributed by atoms with E-state index < -0.39 is 11.6 Å². The van der Waals surface area contributed by atoms with Gasteiger partial charge in [-0.05, 0) is 39.2 Å². The van der Waals surface area contributed by atoms with Crippen molar-refractivity contribution in [2.75, 3.05) is 13.1 Å². The molecule has 0 saturated carbocycles. The zero-order valence-corrected chi connectivity index (χ0v) is 14.4. The van der Waals surface area contributed by atoms with Crippen LogP contribution in [0.2, 0.25) is 0 Å². The molecule has 1 aliphatic heterocycles. The van der Waals surface area contributed by atoms with Crippen molar-refractivity contribution in [1.82, 2.24) is 4.90 Å². The second kappa shape index (κ2) is 7.75. The van der Waals surface area contributed by atoms with E-state index in [4.69, 9.17) is 10.5 Å². The lowest BCUT2D eigenvalue weighted by molar-refractivity contribution is -0.156. The van der Waals surface area contributed by atoms with E-state index >= 15 is 0 Å². The first-order valence-corrected chi connectivity index (χ1v) is 8.26. The third kappa shape index (κ3) is 6.16. The van der Waals surface area contributed by atoms with Crippen molar-refractivity contribution >= 4 is 5.97 Å². The molecule has 0 amide bonds. The summed E-state index contributed by atoms with van der Waals surface area (Å²) in [4.78, 5) is 14.4. The Morgan fingerprint density at radius 2 is 2.00 bits per heavy atom. The van der Waals surface area contributed by atoms with Crippen molar-refractivity contribution < 1.29 is 9.53 Å². The lowest BCUT2D eigenvalue weighted by atomic mass is 10.0. The van der Waals surface area contributed by atoms with E-state index in [0.29, 0.717) is 6.42 Å².